The summed E-state index contributed by atoms with van der Waals surface area (Å²) in [6.45, 7) is 0. The predicted molar refractivity (Wildman–Crippen MR) is 51.4 cm³/mol. The molecule has 1 heterocycles. The molecule has 0 aliphatic heterocycles. The minimum absolute atomic E-state index is 0.523. The molecule has 0 atom stereocenters. The molecule has 1 aromatic heterocycles. The molecule has 0 bridgehead atoms. The van der Waals surface area contributed by atoms with E-state index in [9.17, 15) is 0 Å². The van der Waals surface area contributed by atoms with Crippen molar-refractivity contribution < 1.29 is 0 Å². The Labute approximate surface area is 74.4 Å². The zero-order valence-electron chi connectivity index (χ0n) is 5.61. The van der Waals surface area contributed by atoms with Crippen LogP contribution < -0.4 is 5.73 Å². The average Bonchev–Trinajstić information content (AvgIpc) is 2.05. The highest BCUT2D eigenvalue weighted by atomic mass is 33.1. The summed E-state index contributed by atoms with van der Waals surface area (Å²) in [6.07, 6.45) is 6.80. The number of terminal acetylenes is 1. The van der Waals surface area contributed by atoms with Gasteiger partial charge in [0.2, 0.25) is 0 Å². The van der Waals surface area contributed by atoms with E-state index >= 15 is 0 Å². The standard InChI is InChI=1S/C7H6N2S2/c1-2-5-3-4-9-7(11-10)6(5)8/h1,3-4,10H,8H2. The molecule has 2 nitrogen and oxygen atoms in total. The minimum atomic E-state index is 0.523. The van der Waals surface area contributed by atoms with Gasteiger partial charge in [0.05, 0.1) is 11.3 Å². The van der Waals surface area contributed by atoms with E-state index < -0.39 is 0 Å². The number of nitrogens with zero attached hydrogens (tertiary/aromatic N) is 1. The summed E-state index contributed by atoms with van der Waals surface area (Å²) < 4.78 is 0. The van der Waals surface area contributed by atoms with Crippen molar-refractivity contribution >= 4 is 28.1 Å². The second-order valence-electron chi connectivity index (χ2n) is 1.81. The lowest BCUT2D eigenvalue weighted by atomic mass is 10.2. The molecule has 0 spiro atoms. The summed E-state index contributed by atoms with van der Waals surface area (Å²) in [4.78, 5) is 3.97. The molecule has 56 valence electrons. The lowest BCUT2D eigenvalue weighted by Gasteiger charge is -2.00. The number of thiol groups is 1. The second kappa shape index (κ2) is 3.56. The van der Waals surface area contributed by atoms with Gasteiger partial charge in [-0.05, 0) is 16.9 Å². The number of anilines is 1. The van der Waals surface area contributed by atoms with Crippen LogP contribution >= 0.6 is 22.5 Å². The number of nitrogen functional groups attached to an aromatic ring is 1. The molecule has 2 N–H and O–H groups in total. The largest absolute Gasteiger partial charge is 0.396 e. The second-order valence-corrected chi connectivity index (χ2v) is 2.93. The summed E-state index contributed by atoms with van der Waals surface area (Å²) in [5.74, 6) is 2.46. The Kier molecular flexibility index (Phi) is 2.69. The minimum Gasteiger partial charge on any atom is -0.396 e. The van der Waals surface area contributed by atoms with Crippen LogP contribution in [0.15, 0.2) is 17.3 Å². The van der Waals surface area contributed by atoms with Crippen LogP contribution in [0.3, 0.4) is 0 Å². The quantitative estimate of drug-likeness (QED) is 0.393. The number of nitrogens with two attached hydrogens (primary N) is 1. The first-order valence-corrected chi connectivity index (χ1v) is 4.69. The van der Waals surface area contributed by atoms with E-state index in [-0.39, 0.29) is 0 Å². The fourth-order valence-electron chi connectivity index (χ4n) is 0.653. The molecule has 1 rings (SSSR count). The van der Waals surface area contributed by atoms with Gasteiger partial charge in [-0.1, -0.05) is 5.92 Å². The first-order chi connectivity index (χ1) is 5.29. The third-order valence-corrected chi connectivity index (χ3v) is 2.21. The summed E-state index contributed by atoms with van der Waals surface area (Å²) >= 11 is 3.97. The van der Waals surface area contributed by atoms with Gasteiger partial charge in [0, 0.05) is 6.20 Å². The smallest absolute Gasteiger partial charge is 0.130 e. The first-order valence-electron chi connectivity index (χ1n) is 2.82. The van der Waals surface area contributed by atoms with E-state index in [1.165, 1.54) is 10.8 Å². The van der Waals surface area contributed by atoms with Gasteiger partial charge in [0.15, 0.2) is 0 Å². The average molecular weight is 182 g/mol. The van der Waals surface area contributed by atoms with Crippen molar-refractivity contribution in [1.82, 2.24) is 4.98 Å². The predicted octanol–water partition coefficient (Wildman–Crippen LogP) is 1.58. The highest BCUT2D eigenvalue weighted by molar-refractivity contribution is 8.68. The molecule has 0 saturated heterocycles. The Morgan fingerprint density at radius 3 is 3.00 bits per heavy atom. The summed E-state index contributed by atoms with van der Waals surface area (Å²) in [6, 6.07) is 1.70. The van der Waals surface area contributed by atoms with Crippen molar-refractivity contribution in [2.45, 2.75) is 5.03 Å². The van der Waals surface area contributed by atoms with E-state index in [1.807, 2.05) is 0 Å². The van der Waals surface area contributed by atoms with Gasteiger partial charge in [-0.3, -0.25) is 0 Å². The molecule has 0 aliphatic rings. The van der Waals surface area contributed by atoms with Crippen LogP contribution in [0.2, 0.25) is 0 Å². The monoisotopic (exact) mass is 182 g/mol. The molecule has 0 fully saturated rings. The van der Waals surface area contributed by atoms with E-state index in [0.29, 0.717) is 16.3 Å². The fraction of sp³-hybridized carbons (Fsp3) is 0. The number of hydrogen-bond acceptors (Lipinski definition) is 4. The van der Waals surface area contributed by atoms with Crippen molar-refractivity contribution in [3.05, 3.63) is 17.8 Å². The van der Waals surface area contributed by atoms with Crippen LogP contribution in [-0.4, -0.2) is 4.98 Å². The van der Waals surface area contributed by atoms with Crippen molar-refractivity contribution in [3.8, 4) is 12.3 Å². The van der Waals surface area contributed by atoms with Crippen molar-refractivity contribution in [3.63, 3.8) is 0 Å². The van der Waals surface area contributed by atoms with Gasteiger partial charge in [-0.2, -0.15) is 0 Å². The molecular formula is C7H6N2S2. The van der Waals surface area contributed by atoms with E-state index in [4.69, 9.17) is 12.2 Å². The highest BCUT2D eigenvalue weighted by Gasteiger charge is 2.02. The lowest BCUT2D eigenvalue weighted by Crippen LogP contribution is -1.94. The molecule has 0 unspecified atom stereocenters. The number of hydrogen-bond donors (Lipinski definition) is 2. The maximum Gasteiger partial charge on any atom is 0.130 e. The molecule has 11 heavy (non-hydrogen) atoms. The van der Waals surface area contributed by atoms with Crippen LogP contribution in [-0.2, 0) is 0 Å². The van der Waals surface area contributed by atoms with E-state index in [2.05, 4.69) is 22.6 Å². The van der Waals surface area contributed by atoms with E-state index in [1.54, 1.807) is 12.3 Å². The molecule has 0 saturated carbocycles. The summed E-state index contributed by atoms with van der Waals surface area (Å²) in [7, 11) is 1.19. The molecule has 0 aromatic carbocycles. The van der Waals surface area contributed by atoms with Gasteiger partial charge in [-0.25, -0.2) is 4.98 Å². The molecule has 0 amide bonds. The lowest BCUT2D eigenvalue weighted by molar-refractivity contribution is 1.14. The summed E-state index contributed by atoms with van der Waals surface area (Å²) in [5.41, 5.74) is 6.82. The van der Waals surface area contributed by atoms with Gasteiger partial charge >= 0.3 is 0 Å². The Balaban J connectivity index is 3.23. The topological polar surface area (TPSA) is 38.9 Å². The first kappa shape index (κ1) is 8.31. The SMILES string of the molecule is C#Cc1ccnc(SS)c1N. The fourth-order valence-corrected chi connectivity index (χ4v) is 1.41. The zero-order chi connectivity index (χ0) is 8.27. The van der Waals surface area contributed by atoms with Crippen molar-refractivity contribution in [1.29, 1.82) is 0 Å². The summed E-state index contributed by atoms with van der Waals surface area (Å²) in [5, 5.41) is 0.656. The Morgan fingerprint density at radius 2 is 2.45 bits per heavy atom. The van der Waals surface area contributed by atoms with Crippen molar-refractivity contribution in [2.75, 3.05) is 5.73 Å². The molecule has 0 aliphatic carbocycles. The Bertz CT molecular complexity index is 304. The zero-order valence-corrected chi connectivity index (χ0v) is 7.32. The van der Waals surface area contributed by atoms with Crippen LogP contribution in [0.25, 0.3) is 0 Å². The van der Waals surface area contributed by atoms with Crippen molar-refractivity contribution in [2.24, 2.45) is 0 Å². The third kappa shape index (κ3) is 1.62. The third-order valence-electron chi connectivity index (χ3n) is 1.20. The Morgan fingerprint density at radius 1 is 1.73 bits per heavy atom. The number of rotatable bonds is 1. The molecule has 1 aromatic rings. The van der Waals surface area contributed by atoms with Crippen LogP contribution in [0, 0.1) is 12.3 Å². The van der Waals surface area contributed by atoms with Gasteiger partial charge in [0.1, 0.15) is 5.03 Å². The Hall–Kier alpha value is -0.790. The van der Waals surface area contributed by atoms with E-state index in [0.717, 1.165) is 0 Å². The molecule has 4 heteroatoms. The maximum atomic E-state index is 5.63. The van der Waals surface area contributed by atoms with Gasteiger partial charge in [0.25, 0.3) is 0 Å². The normalized spacial score (nSPS) is 9.09. The highest BCUT2D eigenvalue weighted by Crippen LogP contribution is 2.26. The van der Waals surface area contributed by atoms with Crippen LogP contribution in [0.5, 0.6) is 0 Å². The van der Waals surface area contributed by atoms with Gasteiger partial charge in [-0.15, -0.1) is 18.1 Å². The van der Waals surface area contributed by atoms with Crippen LogP contribution in [0.1, 0.15) is 5.56 Å². The maximum absolute atomic E-state index is 5.63. The van der Waals surface area contributed by atoms with Crippen LogP contribution in [0.4, 0.5) is 5.69 Å². The van der Waals surface area contributed by atoms with Gasteiger partial charge < -0.3 is 5.73 Å². The number of aromatic nitrogens is 1. The molecular weight excluding hydrogens is 176 g/mol. The number of pyridine rings is 1. The molecule has 0 radical (unpaired) electrons.